The SMILES string of the molecule is C[C@H](C[C@H]1CC[C@H](c2ccnc3ccc(F)cc32)CC1)Nc1cc(=O)oc2cc(Cl)ccc12. The van der Waals surface area contributed by atoms with Gasteiger partial charge in [0.1, 0.15) is 11.4 Å². The van der Waals surface area contributed by atoms with E-state index in [1.54, 1.807) is 24.3 Å². The van der Waals surface area contributed by atoms with E-state index >= 15 is 0 Å². The van der Waals surface area contributed by atoms with Gasteiger partial charge in [0.25, 0.3) is 0 Å². The molecule has 2 aromatic carbocycles. The van der Waals surface area contributed by atoms with Crippen molar-refractivity contribution >= 4 is 39.2 Å². The molecule has 0 radical (unpaired) electrons. The third kappa shape index (κ3) is 4.74. The molecule has 1 atom stereocenters. The van der Waals surface area contributed by atoms with E-state index in [9.17, 15) is 9.18 Å². The van der Waals surface area contributed by atoms with Crippen LogP contribution < -0.4 is 10.9 Å². The molecule has 0 bridgehead atoms. The summed E-state index contributed by atoms with van der Waals surface area (Å²) in [6, 6.07) is 14.0. The highest BCUT2D eigenvalue weighted by atomic mass is 35.5. The van der Waals surface area contributed by atoms with Crippen molar-refractivity contribution in [1.29, 1.82) is 0 Å². The minimum atomic E-state index is -0.388. The van der Waals surface area contributed by atoms with E-state index in [4.69, 9.17) is 16.0 Å². The molecule has 2 aromatic heterocycles. The zero-order valence-corrected chi connectivity index (χ0v) is 19.2. The highest BCUT2D eigenvalue weighted by Crippen LogP contribution is 2.40. The Morgan fingerprint density at radius 1 is 1.09 bits per heavy atom. The van der Waals surface area contributed by atoms with Crippen molar-refractivity contribution < 1.29 is 8.81 Å². The number of benzene rings is 2. The third-order valence-electron chi connectivity index (χ3n) is 6.82. The minimum absolute atomic E-state index is 0.211. The lowest BCUT2D eigenvalue weighted by Gasteiger charge is -2.31. The number of nitrogens with one attached hydrogen (secondary N) is 1. The maximum absolute atomic E-state index is 13.8. The maximum Gasteiger partial charge on any atom is 0.338 e. The molecule has 170 valence electrons. The zero-order chi connectivity index (χ0) is 22.9. The summed E-state index contributed by atoms with van der Waals surface area (Å²) < 4.78 is 19.1. The van der Waals surface area contributed by atoms with Crippen LogP contribution >= 0.6 is 11.6 Å². The average Bonchev–Trinajstić information content (AvgIpc) is 2.78. The first-order chi connectivity index (χ1) is 16.0. The van der Waals surface area contributed by atoms with Crippen LogP contribution in [-0.2, 0) is 0 Å². The molecule has 5 rings (SSSR count). The first-order valence-corrected chi connectivity index (χ1v) is 11.9. The summed E-state index contributed by atoms with van der Waals surface area (Å²) >= 11 is 6.05. The van der Waals surface area contributed by atoms with Gasteiger partial charge in [0.05, 0.1) is 11.2 Å². The molecule has 2 heterocycles. The zero-order valence-electron chi connectivity index (χ0n) is 18.5. The number of aromatic nitrogens is 1. The highest BCUT2D eigenvalue weighted by Gasteiger charge is 2.25. The van der Waals surface area contributed by atoms with Crippen LogP contribution in [0.3, 0.4) is 0 Å². The van der Waals surface area contributed by atoms with E-state index in [2.05, 4.69) is 23.3 Å². The van der Waals surface area contributed by atoms with Crippen molar-refractivity contribution in [3.8, 4) is 0 Å². The van der Waals surface area contributed by atoms with Crippen molar-refractivity contribution in [3.63, 3.8) is 0 Å². The first kappa shape index (κ1) is 21.9. The Morgan fingerprint density at radius 3 is 2.73 bits per heavy atom. The van der Waals surface area contributed by atoms with Gasteiger partial charge in [0.15, 0.2) is 0 Å². The smallest absolute Gasteiger partial charge is 0.338 e. The van der Waals surface area contributed by atoms with Gasteiger partial charge < -0.3 is 9.73 Å². The number of hydrogen-bond donors (Lipinski definition) is 1. The summed E-state index contributed by atoms with van der Waals surface area (Å²) in [5.41, 5.74) is 2.96. The van der Waals surface area contributed by atoms with E-state index in [0.717, 1.165) is 54.1 Å². The second kappa shape index (κ2) is 9.14. The topological polar surface area (TPSA) is 55.1 Å². The predicted octanol–water partition coefficient (Wildman–Crippen LogP) is 7.30. The number of anilines is 1. The number of rotatable bonds is 5. The van der Waals surface area contributed by atoms with E-state index < -0.39 is 0 Å². The number of nitrogens with zero attached hydrogens (tertiary/aromatic N) is 1. The lowest BCUT2D eigenvalue weighted by molar-refractivity contribution is 0.302. The van der Waals surface area contributed by atoms with Gasteiger partial charge in [0.2, 0.25) is 0 Å². The molecule has 1 aliphatic rings. The molecule has 1 saturated carbocycles. The molecule has 0 saturated heterocycles. The van der Waals surface area contributed by atoms with Crippen LogP contribution in [0.5, 0.6) is 0 Å². The molecule has 4 nitrogen and oxygen atoms in total. The quantitative estimate of drug-likeness (QED) is 0.315. The van der Waals surface area contributed by atoms with Gasteiger partial charge in [-0.15, -0.1) is 0 Å². The van der Waals surface area contributed by atoms with Gasteiger partial charge in [0, 0.05) is 40.2 Å². The molecule has 33 heavy (non-hydrogen) atoms. The molecule has 0 unspecified atom stereocenters. The van der Waals surface area contributed by atoms with Crippen LogP contribution in [0.4, 0.5) is 10.1 Å². The van der Waals surface area contributed by atoms with Crippen molar-refractivity contribution in [2.45, 2.75) is 51.0 Å². The van der Waals surface area contributed by atoms with E-state index in [1.807, 2.05) is 12.3 Å². The number of hydrogen-bond acceptors (Lipinski definition) is 4. The number of halogens is 2. The first-order valence-electron chi connectivity index (χ1n) is 11.5. The van der Waals surface area contributed by atoms with Gasteiger partial charge >= 0.3 is 5.63 Å². The van der Waals surface area contributed by atoms with Crippen LogP contribution in [0.2, 0.25) is 5.02 Å². The molecule has 0 spiro atoms. The number of pyridine rings is 1. The Hall–Kier alpha value is -2.92. The molecular formula is C27H26ClFN2O2. The van der Waals surface area contributed by atoms with E-state index in [-0.39, 0.29) is 17.5 Å². The molecule has 6 heteroatoms. The summed E-state index contributed by atoms with van der Waals surface area (Å²) in [5, 5.41) is 5.84. The molecule has 1 fully saturated rings. The second-order valence-corrected chi connectivity index (χ2v) is 9.62. The van der Waals surface area contributed by atoms with Gasteiger partial charge in [-0.2, -0.15) is 0 Å². The average molecular weight is 465 g/mol. The van der Waals surface area contributed by atoms with E-state index in [0.29, 0.717) is 22.4 Å². The maximum atomic E-state index is 13.8. The van der Waals surface area contributed by atoms with E-state index in [1.165, 1.54) is 17.7 Å². The monoisotopic (exact) mass is 464 g/mol. The van der Waals surface area contributed by atoms with Crippen molar-refractivity contribution in [1.82, 2.24) is 4.98 Å². The summed E-state index contributed by atoms with van der Waals surface area (Å²) in [6.45, 7) is 2.15. The fourth-order valence-electron chi connectivity index (χ4n) is 5.29. The van der Waals surface area contributed by atoms with Gasteiger partial charge in [-0.3, -0.25) is 4.98 Å². The lowest BCUT2D eigenvalue weighted by Crippen LogP contribution is -2.23. The van der Waals surface area contributed by atoms with Crippen molar-refractivity contribution in [2.75, 3.05) is 5.32 Å². The summed E-state index contributed by atoms with van der Waals surface area (Å²) in [4.78, 5) is 16.4. The Bertz CT molecular complexity index is 1360. The summed E-state index contributed by atoms with van der Waals surface area (Å²) in [6.07, 6.45) is 7.29. The minimum Gasteiger partial charge on any atom is -0.423 e. The van der Waals surface area contributed by atoms with Crippen molar-refractivity contribution in [2.24, 2.45) is 5.92 Å². The standard InChI is InChI=1S/C27H26ClFN2O2/c1-16(31-25-15-27(32)33-26-13-19(28)6-8-22(25)26)12-17-2-4-18(5-3-17)21-10-11-30-24-9-7-20(29)14-23(21)24/h6-11,13-18,31H,2-5,12H2,1H3/t16-,17-,18-/m1/s1. The molecular weight excluding hydrogens is 439 g/mol. The predicted molar refractivity (Wildman–Crippen MR) is 132 cm³/mol. The van der Waals surface area contributed by atoms with Crippen LogP contribution in [0.15, 0.2) is 63.9 Å². The largest absolute Gasteiger partial charge is 0.423 e. The van der Waals surface area contributed by atoms with Gasteiger partial charge in [-0.1, -0.05) is 11.6 Å². The summed E-state index contributed by atoms with van der Waals surface area (Å²) in [5.74, 6) is 0.828. The van der Waals surface area contributed by atoms with Crippen LogP contribution in [0.25, 0.3) is 21.9 Å². The lowest BCUT2D eigenvalue weighted by atomic mass is 9.76. The molecule has 0 aliphatic heterocycles. The van der Waals surface area contributed by atoms with Gasteiger partial charge in [-0.25, -0.2) is 9.18 Å². The summed E-state index contributed by atoms with van der Waals surface area (Å²) in [7, 11) is 0. The Labute approximate surface area is 196 Å². The number of fused-ring (bicyclic) bond motifs is 2. The fraction of sp³-hybridized carbons (Fsp3) is 0.333. The van der Waals surface area contributed by atoms with Crippen LogP contribution in [0.1, 0.15) is 50.5 Å². The van der Waals surface area contributed by atoms with Crippen LogP contribution in [0, 0.1) is 11.7 Å². The molecule has 0 amide bonds. The third-order valence-corrected chi connectivity index (χ3v) is 7.05. The Morgan fingerprint density at radius 2 is 1.91 bits per heavy atom. The van der Waals surface area contributed by atoms with Crippen molar-refractivity contribution in [3.05, 3.63) is 81.6 Å². The Kier molecular flexibility index (Phi) is 6.07. The Balaban J connectivity index is 1.25. The second-order valence-electron chi connectivity index (χ2n) is 9.18. The molecule has 1 aliphatic carbocycles. The fourth-order valence-corrected chi connectivity index (χ4v) is 5.45. The highest BCUT2D eigenvalue weighted by molar-refractivity contribution is 6.31. The van der Waals surface area contributed by atoms with Crippen LogP contribution in [-0.4, -0.2) is 11.0 Å². The van der Waals surface area contributed by atoms with Gasteiger partial charge in [-0.05, 0) is 92.8 Å². The molecule has 1 N–H and O–H groups in total. The molecule has 4 aromatic rings. The normalized spacial score (nSPS) is 19.6.